The summed E-state index contributed by atoms with van der Waals surface area (Å²) in [6.45, 7) is 0.692. The summed E-state index contributed by atoms with van der Waals surface area (Å²) in [6, 6.07) is 10.0. The number of hydrogen-bond acceptors (Lipinski definition) is 3. The number of nitrogens with zero attached hydrogens (tertiary/aromatic N) is 1. The van der Waals surface area contributed by atoms with Crippen LogP contribution in [0, 0.1) is 5.92 Å². The van der Waals surface area contributed by atoms with Gasteiger partial charge in [-0.3, -0.25) is 9.78 Å². The summed E-state index contributed by atoms with van der Waals surface area (Å²) in [4.78, 5) is 16.6. The number of nitrogens with two attached hydrogens (primary N) is 1. The largest absolute Gasteiger partial charge is 0.350 e. The lowest BCUT2D eigenvalue weighted by Crippen LogP contribution is -2.35. The molecule has 1 fully saturated rings. The van der Waals surface area contributed by atoms with Crippen LogP contribution in [0.1, 0.15) is 36.2 Å². The third-order valence-electron chi connectivity index (χ3n) is 4.26. The van der Waals surface area contributed by atoms with E-state index in [0.29, 0.717) is 18.2 Å². The van der Waals surface area contributed by atoms with Crippen LogP contribution >= 0.6 is 24.8 Å². The molecule has 0 radical (unpaired) electrons. The van der Waals surface area contributed by atoms with E-state index in [1.165, 1.54) is 0 Å². The molecule has 6 heteroatoms. The first-order valence-electron chi connectivity index (χ1n) is 7.61. The second-order valence-corrected chi connectivity index (χ2v) is 5.88. The molecule has 1 aliphatic rings. The first kappa shape index (κ1) is 19.7. The molecule has 3 N–H and O–H groups in total. The zero-order valence-electron chi connectivity index (χ0n) is 12.9. The highest BCUT2D eigenvalue weighted by Crippen LogP contribution is 2.22. The minimum atomic E-state index is -0.0917. The lowest BCUT2D eigenvalue weighted by atomic mass is 9.86. The van der Waals surface area contributed by atoms with E-state index in [1.807, 2.05) is 30.3 Å². The smallest absolute Gasteiger partial charge is 0.270 e. The Morgan fingerprint density at radius 2 is 2.00 bits per heavy atom. The fraction of sp³-hybridized carbons (Fsp3) is 0.412. The Morgan fingerprint density at radius 1 is 1.22 bits per heavy atom. The summed E-state index contributed by atoms with van der Waals surface area (Å²) in [5.41, 5.74) is 6.50. The molecule has 126 valence electrons. The van der Waals surface area contributed by atoms with E-state index in [2.05, 4.69) is 10.3 Å². The Balaban J connectivity index is 0.00000132. The van der Waals surface area contributed by atoms with Crippen molar-refractivity contribution in [1.29, 1.82) is 0 Å². The van der Waals surface area contributed by atoms with Crippen molar-refractivity contribution in [2.45, 2.75) is 31.7 Å². The topological polar surface area (TPSA) is 68.0 Å². The Labute approximate surface area is 149 Å². The second-order valence-electron chi connectivity index (χ2n) is 5.88. The first-order chi connectivity index (χ1) is 10.2. The van der Waals surface area contributed by atoms with Gasteiger partial charge in [-0.05, 0) is 36.6 Å². The van der Waals surface area contributed by atoms with Crippen molar-refractivity contribution in [3.8, 4) is 0 Å². The van der Waals surface area contributed by atoms with Gasteiger partial charge >= 0.3 is 0 Å². The van der Waals surface area contributed by atoms with E-state index in [1.54, 1.807) is 6.20 Å². The fourth-order valence-corrected chi connectivity index (χ4v) is 3.14. The maximum Gasteiger partial charge on any atom is 0.270 e. The van der Waals surface area contributed by atoms with E-state index in [0.717, 1.165) is 36.5 Å². The average Bonchev–Trinajstić information content (AvgIpc) is 2.52. The van der Waals surface area contributed by atoms with Crippen LogP contribution in [0.25, 0.3) is 10.8 Å². The molecule has 1 aromatic heterocycles. The highest BCUT2D eigenvalue weighted by atomic mass is 35.5. The van der Waals surface area contributed by atoms with Crippen molar-refractivity contribution >= 4 is 41.5 Å². The van der Waals surface area contributed by atoms with Gasteiger partial charge in [0.05, 0.1) is 0 Å². The molecule has 3 rings (SSSR count). The highest BCUT2D eigenvalue weighted by molar-refractivity contribution is 6.05. The van der Waals surface area contributed by atoms with Crippen LogP contribution in [0.2, 0.25) is 0 Å². The fourth-order valence-electron chi connectivity index (χ4n) is 3.14. The van der Waals surface area contributed by atoms with E-state index in [-0.39, 0.29) is 36.8 Å². The molecule has 1 saturated carbocycles. The van der Waals surface area contributed by atoms with Crippen LogP contribution in [0.15, 0.2) is 36.5 Å². The summed E-state index contributed by atoms with van der Waals surface area (Å²) in [5, 5.41) is 4.96. The Bertz CT molecular complexity index is 645. The van der Waals surface area contributed by atoms with Crippen molar-refractivity contribution in [2.24, 2.45) is 11.7 Å². The Kier molecular flexibility index (Phi) is 7.76. The van der Waals surface area contributed by atoms with Crippen LogP contribution in [-0.2, 0) is 0 Å². The van der Waals surface area contributed by atoms with E-state index < -0.39 is 0 Å². The molecule has 1 aliphatic carbocycles. The number of benzene rings is 1. The minimum Gasteiger partial charge on any atom is -0.350 e. The van der Waals surface area contributed by atoms with Gasteiger partial charge in [-0.2, -0.15) is 0 Å². The molecule has 2 aromatic rings. The first-order valence-corrected chi connectivity index (χ1v) is 7.61. The summed E-state index contributed by atoms with van der Waals surface area (Å²) < 4.78 is 0. The molecular formula is C17H23Cl2N3O. The molecule has 2 atom stereocenters. The van der Waals surface area contributed by atoms with Crippen molar-refractivity contribution in [1.82, 2.24) is 10.3 Å². The number of pyridine rings is 1. The minimum absolute atomic E-state index is 0. The van der Waals surface area contributed by atoms with E-state index in [9.17, 15) is 4.79 Å². The van der Waals surface area contributed by atoms with E-state index >= 15 is 0 Å². The van der Waals surface area contributed by atoms with Gasteiger partial charge in [0.25, 0.3) is 5.91 Å². The number of aromatic nitrogens is 1. The number of carbonyl (C=O) groups excluding carboxylic acids is 1. The number of hydrogen-bond donors (Lipinski definition) is 2. The van der Waals surface area contributed by atoms with Gasteiger partial charge in [0.15, 0.2) is 0 Å². The predicted molar refractivity (Wildman–Crippen MR) is 98.5 cm³/mol. The van der Waals surface area contributed by atoms with Crippen LogP contribution in [0.3, 0.4) is 0 Å². The quantitative estimate of drug-likeness (QED) is 0.887. The zero-order valence-corrected chi connectivity index (χ0v) is 14.5. The second kappa shape index (κ2) is 9.06. The number of nitrogens with one attached hydrogen (secondary N) is 1. The average molecular weight is 356 g/mol. The molecule has 0 saturated heterocycles. The van der Waals surface area contributed by atoms with Gasteiger partial charge in [0.2, 0.25) is 0 Å². The molecule has 1 heterocycles. The lowest BCUT2D eigenvalue weighted by molar-refractivity contribution is 0.0939. The summed E-state index contributed by atoms with van der Waals surface area (Å²) in [5.74, 6) is 0.402. The number of carbonyl (C=O) groups is 1. The van der Waals surface area contributed by atoms with Gasteiger partial charge < -0.3 is 11.1 Å². The summed E-state index contributed by atoms with van der Waals surface area (Å²) in [6.07, 6.45) is 6.11. The van der Waals surface area contributed by atoms with Crippen molar-refractivity contribution in [3.63, 3.8) is 0 Å². The third-order valence-corrected chi connectivity index (χ3v) is 4.26. The maximum absolute atomic E-state index is 12.4. The van der Waals surface area contributed by atoms with Gasteiger partial charge in [0, 0.05) is 24.2 Å². The zero-order chi connectivity index (χ0) is 14.7. The van der Waals surface area contributed by atoms with E-state index in [4.69, 9.17) is 5.73 Å². The SMILES string of the molecule is Cl.Cl.NC1CCCC(CNC(=O)c2nccc3ccccc23)C1. The molecule has 23 heavy (non-hydrogen) atoms. The van der Waals surface area contributed by atoms with Crippen LogP contribution < -0.4 is 11.1 Å². The molecule has 0 aliphatic heterocycles. The third kappa shape index (κ3) is 4.80. The molecule has 0 bridgehead atoms. The summed E-state index contributed by atoms with van der Waals surface area (Å²) in [7, 11) is 0. The van der Waals surface area contributed by atoms with Crippen molar-refractivity contribution in [2.75, 3.05) is 6.54 Å². The molecule has 1 aromatic carbocycles. The molecule has 2 unspecified atom stereocenters. The molecule has 0 spiro atoms. The number of fused-ring (bicyclic) bond motifs is 1. The van der Waals surface area contributed by atoms with Crippen LogP contribution in [0.4, 0.5) is 0 Å². The molecule has 4 nitrogen and oxygen atoms in total. The van der Waals surface area contributed by atoms with Crippen molar-refractivity contribution < 1.29 is 4.79 Å². The van der Waals surface area contributed by atoms with Gasteiger partial charge in [-0.25, -0.2) is 0 Å². The Morgan fingerprint density at radius 3 is 2.78 bits per heavy atom. The lowest BCUT2D eigenvalue weighted by Gasteiger charge is -2.26. The van der Waals surface area contributed by atoms with Crippen LogP contribution in [0.5, 0.6) is 0 Å². The molecular weight excluding hydrogens is 333 g/mol. The standard InChI is InChI=1S/C17H21N3O.2ClH/c18-14-6-3-4-12(10-14)11-20-17(21)16-15-7-2-1-5-13(15)8-9-19-16;;/h1-2,5,7-9,12,14H,3-4,6,10-11,18H2,(H,20,21);2*1H. The highest BCUT2D eigenvalue weighted by Gasteiger charge is 2.20. The molecule has 1 amide bonds. The van der Waals surface area contributed by atoms with Crippen LogP contribution in [-0.4, -0.2) is 23.5 Å². The van der Waals surface area contributed by atoms with Crippen molar-refractivity contribution in [3.05, 3.63) is 42.2 Å². The Hall–Kier alpha value is -1.36. The maximum atomic E-state index is 12.4. The predicted octanol–water partition coefficient (Wildman–Crippen LogP) is 3.33. The number of amides is 1. The number of halogens is 2. The number of rotatable bonds is 3. The van der Waals surface area contributed by atoms with Gasteiger partial charge in [-0.1, -0.05) is 30.7 Å². The monoisotopic (exact) mass is 355 g/mol. The van der Waals surface area contributed by atoms with Gasteiger partial charge in [-0.15, -0.1) is 24.8 Å². The normalized spacial score (nSPS) is 20.2. The summed E-state index contributed by atoms with van der Waals surface area (Å²) >= 11 is 0. The van der Waals surface area contributed by atoms with Gasteiger partial charge in [0.1, 0.15) is 5.69 Å².